The van der Waals surface area contributed by atoms with Crippen LogP contribution in [0, 0.1) is 0 Å². The van der Waals surface area contributed by atoms with E-state index < -0.39 is 10.1 Å². The summed E-state index contributed by atoms with van der Waals surface area (Å²) in [5, 5.41) is 0. The minimum Gasteiger partial charge on any atom is -0.748 e. The Labute approximate surface area is 149 Å². The molecule has 0 heterocycles. The first-order chi connectivity index (χ1) is 8.03. The maximum atomic E-state index is 10.6. The molecule has 1 rings (SSSR count). The number of rotatable bonds is 7. The first-order valence-corrected chi connectivity index (χ1v) is 6.71. The molecule has 0 saturated heterocycles. The van der Waals surface area contributed by atoms with Crippen molar-refractivity contribution in [1.82, 2.24) is 0 Å². The van der Waals surface area contributed by atoms with Crippen molar-refractivity contribution < 1.29 is 73.9 Å². The molecule has 0 saturated carbocycles. The van der Waals surface area contributed by atoms with Gasteiger partial charge in [-0.25, -0.2) is 8.42 Å². The Morgan fingerprint density at radius 2 is 1.89 bits per heavy atom. The number of carbonyl (C=O) groups excluding carboxylic acids is 1. The van der Waals surface area contributed by atoms with Gasteiger partial charge in [-0.05, 0) is 25.0 Å². The minimum absolute atomic E-state index is 0. The van der Waals surface area contributed by atoms with Crippen molar-refractivity contribution in [3.63, 3.8) is 0 Å². The number of benzene rings is 1. The molecule has 0 amide bonds. The Kier molecular flexibility index (Phi) is 9.31. The fourth-order valence-corrected chi connectivity index (χ4v) is 1.83. The monoisotopic (exact) mass is 296 g/mol. The second kappa shape index (κ2) is 9.19. The van der Waals surface area contributed by atoms with Crippen LogP contribution in [0.3, 0.4) is 0 Å². The second-order valence-electron chi connectivity index (χ2n) is 3.47. The molecule has 0 bridgehead atoms. The molecule has 0 aliphatic carbocycles. The Morgan fingerprint density at radius 3 is 2.50 bits per heavy atom. The molecule has 0 aromatic heterocycles. The van der Waals surface area contributed by atoms with Crippen molar-refractivity contribution >= 4 is 16.4 Å². The zero-order valence-electron chi connectivity index (χ0n) is 10.2. The van der Waals surface area contributed by atoms with E-state index in [0.717, 1.165) is 0 Å². The van der Waals surface area contributed by atoms with Crippen LogP contribution in [0.5, 0.6) is 5.75 Å². The van der Waals surface area contributed by atoms with Crippen LogP contribution < -0.4 is 56.1 Å². The summed E-state index contributed by atoms with van der Waals surface area (Å²) in [4.78, 5) is 10.6. The SMILES string of the molecule is O=Cc1ccccc1OCCCCS(=O)(=O)[O-].[K+]. The molecule has 0 aliphatic rings. The van der Waals surface area contributed by atoms with Gasteiger partial charge in [0.1, 0.15) is 5.75 Å². The van der Waals surface area contributed by atoms with E-state index in [4.69, 9.17) is 4.74 Å². The van der Waals surface area contributed by atoms with E-state index in [1.807, 2.05) is 0 Å². The molecular weight excluding hydrogens is 283 g/mol. The third-order valence-electron chi connectivity index (χ3n) is 2.09. The molecule has 7 heteroatoms. The molecule has 0 N–H and O–H groups in total. The van der Waals surface area contributed by atoms with E-state index in [0.29, 0.717) is 24.0 Å². The van der Waals surface area contributed by atoms with Crippen molar-refractivity contribution in [2.24, 2.45) is 0 Å². The van der Waals surface area contributed by atoms with E-state index in [-0.39, 0.29) is 70.2 Å². The van der Waals surface area contributed by atoms with Gasteiger partial charge in [0.25, 0.3) is 0 Å². The number of para-hydroxylation sites is 1. The minimum atomic E-state index is -4.14. The number of ether oxygens (including phenoxy) is 1. The van der Waals surface area contributed by atoms with Gasteiger partial charge < -0.3 is 9.29 Å². The topological polar surface area (TPSA) is 83.5 Å². The van der Waals surface area contributed by atoms with Gasteiger partial charge in [-0.1, -0.05) is 12.1 Å². The molecule has 0 aliphatic heterocycles. The van der Waals surface area contributed by atoms with Gasteiger partial charge in [0, 0.05) is 5.75 Å². The molecule has 0 unspecified atom stereocenters. The van der Waals surface area contributed by atoms with Crippen LogP contribution in [-0.4, -0.2) is 31.6 Å². The van der Waals surface area contributed by atoms with E-state index in [9.17, 15) is 17.8 Å². The first-order valence-electron chi connectivity index (χ1n) is 5.13. The molecule has 18 heavy (non-hydrogen) atoms. The summed E-state index contributed by atoms with van der Waals surface area (Å²) in [6, 6.07) is 6.75. The maximum absolute atomic E-state index is 10.6. The summed E-state index contributed by atoms with van der Waals surface area (Å²) in [7, 11) is -4.14. The molecular formula is C11H13KO5S. The van der Waals surface area contributed by atoms with Gasteiger partial charge >= 0.3 is 51.4 Å². The number of hydrogen-bond donors (Lipinski definition) is 0. The maximum Gasteiger partial charge on any atom is 1.00 e. The normalized spacial score (nSPS) is 10.5. The zero-order chi connectivity index (χ0) is 12.7. The smallest absolute Gasteiger partial charge is 0.748 e. The Balaban J connectivity index is 0.00000289. The van der Waals surface area contributed by atoms with Crippen LogP contribution in [0.15, 0.2) is 24.3 Å². The van der Waals surface area contributed by atoms with Crippen molar-refractivity contribution in [3.05, 3.63) is 29.8 Å². The van der Waals surface area contributed by atoms with Crippen molar-refractivity contribution in [1.29, 1.82) is 0 Å². The van der Waals surface area contributed by atoms with Gasteiger partial charge in [0.15, 0.2) is 6.29 Å². The molecule has 1 aromatic rings. The summed E-state index contributed by atoms with van der Waals surface area (Å²) in [5.41, 5.74) is 0.448. The fraction of sp³-hybridized carbons (Fsp3) is 0.364. The van der Waals surface area contributed by atoms with E-state index in [2.05, 4.69) is 0 Å². The van der Waals surface area contributed by atoms with Crippen LogP contribution >= 0.6 is 0 Å². The predicted molar refractivity (Wildman–Crippen MR) is 61.1 cm³/mol. The predicted octanol–water partition coefficient (Wildman–Crippen LogP) is -1.79. The van der Waals surface area contributed by atoms with Crippen LogP contribution in [-0.2, 0) is 10.1 Å². The summed E-state index contributed by atoms with van der Waals surface area (Å²) in [6.07, 6.45) is 1.40. The molecule has 5 nitrogen and oxygen atoms in total. The van der Waals surface area contributed by atoms with Gasteiger partial charge in [-0.3, -0.25) is 4.79 Å². The average molecular weight is 296 g/mol. The van der Waals surface area contributed by atoms with Crippen molar-refractivity contribution in [2.45, 2.75) is 12.8 Å². The molecule has 0 radical (unpaired) electrons. The number of hydrogen-bond acceptors (Lipinski definition) is 5. The molecule has 0 fully saturated rings. The van der Waals surface area contributed by atoms with E-state index in [1.54, 1.807) is 24.3 Å². The molecule has 94 valence electrons. The third kappa shape index (κ3) is 7.62. The Bertz CT molecular complexity index is 472. The van der Waals surface area contributed by atoms with E-state index >= 15 is 0 Å². The Morgan fingerprint density at radius 1 is 1.22 bits per heavy atom. The summed E-state index contributed by atoms with van der Waals surface area (Å²) in [6.45, 7) is 0.278. The van der Waals surface area contributed by atoms with Crippen molar-refractivity contribution in [3.8, 4) is 5.75 Å². The second-order valence-corrected chi connectivity index (χ2v) is 5.00. The largest absolute Gasteiger partial charge is 1.00 e. The Hall–Kier alpha value is 0.236. The van der Waals surface area contributed by atoms with Gasteiger partial charge in [0.05, 0.1) is 22.3 Å². The number of carbonyl (C=O) groups is 1. The summed E-state index contributed by atoms with van der Waals surface area (Å²) >= 11 is 0. The third-order valence-corrected chi connectivity index (χ3v) is 2.88. The van der Waals surface area contributed by atoms with Crippen LogP contribution in [0.4, 0.5) is 0 Å². The van der Waals surface area contributed by atoms with Gasteiger partial charge in [-0.2, -0.15) is 0 Å². The number of aldehydes is 1. The first kappa shape index (κ1) is 18.2. The summed E-state index contributed by atoms with van der Waals surface area (Å²) < 4.78 is 36.3. The fourth-order valence-electron chi connectivity index (χ4n) is 1.27. The van der Waals surface area contributed by atoms with E-state index in [1.165, 1.54) is 0 Å². The molecule has 0 spiro atoms. The number of unbranched alkanes of at least 4 members (excludes halogenated alkanes) is 1. The van der Waals surface area contributed by atoms with Gasteiger partial charge in [0.2, 0.25) is 0 Å². The van der Waals surface area contributed by atoms with Crippen molar-refractivity contribution in [2.75, 3.05) is 12.4 Å². The van der Waals surface area contributed by atoms with Crippen LogP contribution in [0.25, 0.3) is 0 Å². The van der Waals surface area contributed by atoms with Crippen LogP contribution in [0.1, 0.15) is 23.2 Å². The van der Waals surface area contributed by atoms with Crippen LogP contribution in [0.2, 0.25) is 0 Å². The average Bonchev–Trinajstić information content (AvgIpc) is 2.27. The molecule has 1 aromatic carbocycles. The summed E-state index contributed by atoms with van der Waals surface area (Å²) in [5.74, 6) is 0.0820. The van der Waals surface area contributed by atoms with Gasteiger partial charge in [-0.15, -0.1) is 0 Å². The standard InChI is InChI=1S/C11H14O5S.K/c12-9-10-5-1-2-6-11(10)16-7-3-4-8-17(13,14)15;/h1-2,5-6,9H,3-4,7-8H2,(H,13,14,15);/q;+1/p-1. The molecule has 0 atom stereocenters. The quantitative estimate of drug-likeness (QED) is 0.257. The zero-order valence-corrected chi connectivity index (χ0v) is 14.1.